The van der Waals surface area contributed by atoms with Gasteiger partial charge in [0.05, 0.1) is 12.6 Å². The third kappa shape index (κ3) is 6.54. The summed E-state index contributed by atoms with van der Waals surface area (Å²) in [6, 6.07) is 11.9. The van der Waals surface area contributed by atoms with Gasteiger partial charge in [-0.3, -0.25) is 4.98 Å². The summed E-state index contributed by atoms with van der Waals surface area (Å²) in [6.45, 7) is 6.10. The molecule has 174 valence electrons. The highest BCUT2D eigenvalue weighted by Crippen LogP contribution is 2.28. The molecule has 4 rings (SSSR count). The van der Waals surface area contributed by atoms with Crippen LogP contribution >= 0.6 is 0 Å². The van der Waals surface area contributed by atoms with Crippen LogP contribution in [0.5, 0.6) is 5.75 Å². The molecule has 0 saturated heterocycles. The van der Waals surface area contributed by atoms with Gasteiger partial charge < -0.3 is 19.9 Å². The second kappa shape index (κ2) is 11.4. The average molecular weight is 449 g/mol. The quantitative estimate of drug-likeness (QED) is 0.376. The monoisotopic (exact) mass is 448 g/mol. The lowest BCUT2D eigenvalue weighted by atomic mass is 10.1. The van der Waals surface area contributed by atoms with Crippen molar-refractivity contribution in [2.75, 3.05) is 13.1 Å². The Bertz CT molecular complexity index is 1040. The maximum absolute atomic E-state index is 6.32. The van der Waals surface area contributed by atoms with Crippen LogP contribution in [-0.4, -0.2) is 40.3 Å². The maximum Gasteiger partial charge on any atom is 0.276 e. The Labute approximate surface area is 194 Å². The molecule has 2 heterocycles. The van der Waals surface area contributed by atoms with Gasteiger partial charge in [-0.1, -0.05) is 23.4 Å². The number of aromatic nitrogens is 3. The fraction of sp³-hybridized carbons (Fsp3) is 0.440. The highest BCUT2D eigenvalue weighted by Gasteiger charge is 2.18. The van der Waals surface area contributed by atoms with Gasteiger partial charge in [0.1, 0.15) is 11.4 Å². The summed E-state index contributed by atoms with van der Waals surface area (Å²) in [7, 11) is 0. The van der Waals surface area contributed by atoms with E-state index in [1.165, 1.54) is 18.4 Å². The van der Waals surface area contributed by atoms with Crippen LogP contribution in [0.25, 0.3) is 11.6 Å². The standard InChI is InChI=1S/C25H32N6O2/c1-3-26-25(28-15-13-23-30-24(33-31-23)21-10-6-7-14-27-21)29-17-19-12-11-18(2)16-22(19)32-20-8-4-5-9-20/h6-7,10-12,14,16,20H,3-5,8-9,13,15,17H2,1-2H3,(H2,26,28,29). The molecule has 0 spiro atoms. The first-order chi connectivity index (χ1) is 16.2. The van der Waals surface area contributed by atoms with E-state index in [2.05, 4.69) is 57.8 Å². The lowest BCUT2D eigenvalue weighted by Gasteiger charge is -2.17. The van der Waals surface area contributed by atoms with E-state index in [9.17, 15) is 0 Å². The molecule has 8 nitrogen and oxygen atoms in total. The van der Waals surface area contributed by atoms with Gasteiger partial charge in [0.2, 0.25) is 0 Å². The molecule has 1 aliphatic carbocycles. The van der Waals surface area contributed by atoms with Crippen molar-refractivity contribution in [3.05, 3.63) is 59.5 Å². The van der Waals surface area contributed by atoms with Crippen LogP contribution in [0.15, 0.2) is 52.1 Å². The van der Waals surface area contributed by atoms with E-state index in [0.29, 0.717) is 43.0 Å². The lowest BCUT2D eigenvalue weighted by Crippen LogP contribution is -2.38. The third-order valence-electron chi connectivity index (χ3n) is 5.56. The summed E-state index contributed by atoms with van der Waals surface area (Å²) >= 11 is 0. The van der Waals surface area contributed by atoms with Crippen LogP contribution in [-0.2, 0) is 13.0 Å². The number of aliphatic imine (C=N–C) groups is 1. The Kier molecular flexibility index (Phi) is 7.90. The summed E-state index contributed by atoms with van der Waals surface area (Å²) in [5, 5.41) is 10.7. The number of hydrogen-bond donors (Lipinski definition) is 2. The van der Waals surface area contributed by atoms with Crippen molar-refractivity contribution in [3.8, 4) is 17.3 Å². The van der Waals surface area contributed by atoms with Gasteiger partial charge in [-0.05, 0) is 63.3 Å². The first-order valence-electron chi connectivity index (χ1n) is 11.7. The number of benzene rings is 1. The molecule has 0 atom stereocenters. The Morgan fingerprint density at radius 1 is 1.18 bits per heavy atom. The van der Waals surface area contributed by atoms with Gasteiger partial charge in [-0.15, -0.1) is 0 Å². The van der Waals surface area contributed by atoms with Gasteiger partial charge in [0.25, 0.3) is 5.89 Å². The number of pyridine rings is 1. The van der Waals surface area contributed by atoms with Gasteiger partial charge in [-0.2, -0.15) is 4.98 Å². The molecule has 8 heteroatoms. The largest absolute Gasteiger partial charge is 0.490 e. The highest BCUT2D eigenvalue weighted by atomic mass is 16.5. The van der Waals surface area contributed by atoms with Crippen LogP contribution in [0.1, 0.15) is 49.6 Å². The van der Waals surface area contributed by atoms with Crippen LogP contribution in [0, 0.1) is 6.92 Å². The molecule has 0 amide bonds. The number of aryl methyl sites for hydroxylation is 1. The van der Waals surface area contributed by atoms with Crippen molar-refractivity contribution in [1.82, 2.24) is 25.8 Å². The first kappa shape index (κ1) is 22.8. The molecule has 1 saturated carbocycles. The fourth-order valence-electron chi connectivity index (χ4n) is 3.84. The SMILES string of the molecule is CCNC(=NCc1ccc(C)cc1OC1CCCC1)NCCc1noc(-c2ccccn2)n1. The molecule has 2 N–H and O–H groups in total. The number of ether oxygens (including phenoxy) is 1. The summed E-state index contributed by atoms with van der Waals surface area (Å²) < 4.78 is 11.6. The smallest absolute Gasteiger partial charge is 0.276 e. The van der Waals surface area contributed by atoms with Crippen molar-refractivity contribution in [2.24, 2.45) is 4.99 Å². The second-order valence-electron chi connectivity index (χ2n) is 8.24. The van der Waals surface area contributed by atoms with Crippen molar-refractivity contribution in [1.29, 1.82) is 0 Å². The molecule has 1 aliphatic rings. The molecule has 3 aromatic rings. The van der Waals surface area contributed by atoms with E-state index in [1.807, 2.05) is 18.2 Å². The molecule has 2 aromatic heterocycles. The molecule has 1 fully saturated rings. The Morgan fingerprint density at radius 3 is 2.85 bits per heavy atom. The predicted molar refractivity (Wildman–Crippen MR) is 128 cm³/mol. The second-order valence-corrected chi connectivity index (χ2v) is 8.24. The first-order valence-corrected chi connectivity index (χ1v) is 11.7. The lowest BCUT2D eigenvalue weighted by molar-refractivity contribution is 0.208. The number of nitrogens with one attached hydrogen (secondary N) is 2. The molecule has 1 aromatic carbocycles. The molecule has 33 heavy (non-hydrogen) atoms. The van der Waals surface area contributed by atoms with Crippen molar-refractivity contribution in [2.45, 2.75) is 58.6 Å². The molecule has 0 unspecified atom stereocenters. The van der Waals surface area contributed by atoms with Crippen LogP contribution in [0.2, 0.25) is 0 Å². The molecule has 0 radical (unpaired) electrons. The van der Waals surface area contributed by atoms with Gasteiger partial charge >= 0.3 is 0 Å². The maximum atomic E-state index is 6.32. The van der Waals surface area contributed by atoms with E-state index in [4.69, 9.17) is 14.3 Å². The predicted octanol–water partition coefficient (Wildman–Crippen LogP) is 4.06. The Hall–Kier alpha value is -3.42. The zero-order valence-corrected chi connectivity index (χ0v) is 19.4. The van der Waals surface area contributed by atoms with Crippen molar-refractivity contribution in [3.63, 3.8) is 0 Å². The van der Waals surface area contributed by atoms with Crippen LogP contribution in [0.4, 0.5) is 0 Å². The zero-order valence-electron chi connectivity index (χ0n) is 19.4. The minimum Gasteiger partial charge on any atom is -0.490 e. The minimum absolute atomic E-state index is 0.326. The average Bonchev–Trinajstić information content (AvgIpc) is 3.51. The minimum atomic E-state index is 0.326. The number of rotatable bonds is 9. The highest BCUT2D eigenvalue weighted by molar-refractivity contribution is 5.79. The van der Waals surface area contributed by atoms with Crippen molar-refractivity contribution < 1.29 is 9.26 Å². The van der Waals surface area contributed by atoms with Crippen molar-refractivity contribution >= 4 is 5.96 Å². The molecular formula is C25H32N6O2. The molecular weight excluding hydrogens is 416 g/mol. The van der Waals surface area contributed by atoms with E-state index in [1.54, 1.807) is 6.20 Å². The van der Waals surface area contributed by atoms with E-state index < -0.39 is 0 Å². The normalized spacial score (nSPS) is 14.4. The van der Waals surface area contributed by atoms with Gasteiger partial charge in [-0.25, -0.2) is 4.99 Å². The van der Waals surface area contributed by atoms with E-state index >= 15 is 0 Å². The number of guanidine groups is 1. The van der Waals surface area contributed by atoms with E-state index in [-0.39, 0.29) is 0 Å². The van der Waals surface area contributed by atoms with Crippen LogP contribution < -0.4 is 15.4 Å². The number of nitrogens with zero attached hydrogens (tertiary/aromatic N) is 4. The molecule has 0 aliphatic heterocycles. The van der Waals surface area contributed by atoms with Gasteiger partial charge in [0, 0.05) is 31.3 Å². The Balaban J connectivity index is 1.35. The summed E-state index contributed by atoms with van der Waals surface area (Å²) in [5.74, 6) is 2.76. The summed E-state index contributed by atoms with van der Waals surface area (Å²) in [4.78, 5) is 13.4. The number of hydrogen-bond acceptors (Lipinski definition) is 6. The van der Waals surface area contributed by atoms with Crippen LogP contribution in [0.3, 0.4) is 0 Å². The Morgan fingerprint density at radius 2 is 2.06 bits per heavy atom. The zero-order chi connectivity index (χ0) is 22.9. The molecule has 0 bridgehead atoms. The van der Waals surface area contributed by atoms with Gasteiger partial charge in [0.15, 0.2) is 11.8 Å². The summed E-state index contributed by atoms with van der Waals surface area (Å²) in [6.07, 6.45) is 7.42. The van der Waals surface area contributed by atoms with E-state index in [0.717, 1.165) is 36.7 Å². The fourth-order valence-corrected chi connectivity index (χ4v) is 3.84. The topological polar surface area (TPSA) is 97.5 Å². The third-order valence-corrected chi connectivity index (χ3v) is 5.56. The summed E-state index contributed by atoms with van der Waals surface area (Å²) in [5.41, 5.74) is 2.97.